The third kappa shape index (κ3) is 3.58. The fraction of sp³-hybridized carbons (Fsp3) is 0.286. The van der Waals surface area contributed by atoms with E-state index in [0.29, 0.717) is 10.6 Å². The number of amides is 1. The molecule has 8 heteroatoms. The molecule has 0 aliphatic carbocycles. The monoisotopic (exact) mass is 426 g/mol. The zero-order chi connectivity index (χ0) is 20.0. The molecular weight excluding hydrogens is 407 g/mol. The van der Waals surface area contributed by atoms with Gasteiger partial charge in [0, 0.05) is 19.0 Å². The molecule has 1 N–H and O–H groups in total. The number of thiazole rings is 2. The molecule has 0 saturated carbocycles. The van der Waals surface area contributed by atoms with E-state index in [1.807, 2.05) is 25.1 Å². The summed E-state index contributed by atoms with van der Waals surface area (Å²) in [6, 6.07) is 11.1. The predicted octanol–water partition coefficient (Wildman–Crippen LogP) is 5.21. The van der Waals surface area contributed by atoms with Crippen LogP contribution in [-0.4, -0.2) is 29.0 Å². The summed E-state index contributed by atoms with van der Waals surface area (Å²) < 4.78 is 15.8. The highest BCUT2D eigenvalue weighted by Gasteiger charge is 2.27. The van der Waals surface area contributed by atoms with E-state index in [9.17, 15) is 9.18 Å². The summed E-state index contributed by atoms with van der Waals surface area (Å²) in [5.41, 5.74) is 2.52. The molecule has 5 nitrogen and oxygen atoms in total. The van der Waals surface area contributed by atoms with E-state index < -0.39 is 0 Å². The van der Waals surface area contributed by atoms with Gasteiger partial charge in [-0.15, -0.1) is 0 Å². The second kappa shape index (κ2) is 7.35. The van der Waals surface area contributed by atoms with Crippen molar-refractivity contribution < 1.29 is 9.18 Å². The van der Waals surface area contributed by atoms with Crippen molar-refractivity contribution in [1.82, 2.24) is 9.97 Å². The average molecular weight is 427 g/mol. The van der Waals surface area contributed by atoms with Gasteiger partial charge in [0.05, 0.1) is 14.9 Å². The molecular formula is C21H19FN4OS2. The van der Waals surface area contributed by atoms with Crippen LogP contribution in [0.1, 0.15) is 18.4 Å². The quantitative estimate of drug-likeness (QED) is 0.489. The van der Waals surface area contributed by atoms with Gasteiger partial charge in [-0.2, -0.15) is 0 Å². The highest BCUT2D eigenvalue weighted by molar-refractivity contribution is 7.22. The number of rotatable bonds is 3. The molecule has 0 bridgehead atoms. The number of carbonyl (C=O) groups is 1. The van der Waals surface area contributed by atoms with Crippen LogP contribution in [0, 0.1) is 18.7 Å². The minimum atomic E-state index is -0.287. The molecule has 1 aliphatic rings. The van der Waals surface area contributed by atoms with E-state index in [-0.39, 0.29) is 17.6 Å². The lowest BCUT2D eigenvalue weighted by Gasteiger charge is -2.30. The number of para-hydroxylation sites is 1. The van der Waals surface area contributed by atoms with Crippen molar-refractivity contribution in [2.45, 2.75) is 19.8 Å². The Bertz CT molecular complexity index is 1210. The first-order valence-electron chi connectivity index (χ1n) is 9.55. The number of carbonyl (C=O) groups excluding carboxylic acids is 1. The number of aryl methyl sites for hydroxylation is 1. The lowest BCUT2D eigenvalue weighted by molar-refractivity contribution is -0.120. The topological polar surface area (TPSA) is 58.1 Å². The van der Waals surface area contributed by atoms with Gasteiger partial charge in [-0.05, 0) is 49.6 Å². The summed E-state index contributed by atoms with van der Waals surface area (Å²) in [4.78, 5) is 23.8. The number of halogens is 1. The average Bonchev–Trinajstić information content (AvgIpc) is 3.32. The van der Waals surface area contributed by atoms with Gasteiger partial charge in [-0.3, -0.25) is 4.79 Å². The summed E-state index contributed by atoms with van der Waals surface area (Å²) in [5.74, 6) is -0.313. The Balaban J connectivity index is 1.24. The highest BCUT2D eigenvalue weighted by atomic mass is 32.1. The number of fused-ring (bicyclic) bond motifs is 2. The number of benzene rings is 2. The maximum atomic E-state index is 13.9. The second-order valence-corrected chi connectivity index (χ2v) is 9.36. The molecule has 1 amide bonds. The molecule has 1 aliphatic heterocycles. The zero-order valence-electron chi connectivity index (χ0n) is 15.8. The van der Waals surface area contributed by atoms with Gasteiger partial charge in [-0.1, -0.05) is 34.8 Å². The minimum Gasteiger partial charge on any atom is -0.348 e. The van der Waals surface area contributed by atoms with E-state index in [1.165, 1.54) is 34.3 Å². The van der Waals surface area contributed by atoms with Crippen LogP contribution in [0.5, 0.6) is 0 Å². The van der Waals surface area contributed by atoms with Crippen molar-refractivity contribution in [1.29, 1.82) is 0 Å². The Hall–Kier alpha value is -2.58. The van der Waals surface area contributed by atoms with Crippen molar-refractivity contribution in [3.8, 4) is 0 Å². The normalized spacial score (nSPS) is 15.3. The van der Waals surface area contributed by atoms with Gasteiger partial charge in [0.1, 0.15) is 11.3 Å². The van der Waals surface area contributed by atoms with Crippen LogP contribution in [0.2, 0.25) is 0 Å². The van der Waals surface area contributed by atoms with E-state index in [4.69, 9.17) is 0 Å². The van der Waals surface area contributed by atoms with Gasteiger partial charge in [0.2, 0.25) is 5.91 Å². The summed E-state index contributed by atoms with van der Waals surface area (Å²) in [5, 5.41) is 4.47. The lowest BCUT2D eigenvalue weighted by Crippen LogP contribution is -2.38. The van der Waals surface area contributed by atoms with Crippen molar-refractivity contribution in [2.75, 3.05) is 23.3 Å². The molecule has 1 fully saturated rings. The molecule has 0 unspecified atom stereocenters. The highest BCUT2D eigenvalue weighted by Crippen LogP contribution is 2.33. The first-order valence-corrected chi connectivity index (χ1v) is 11.2. The number of piperidine rings is 1. The van der Waals surface area contributed by atoms with Gasteiger partial charge in [0.15, 0.2) is 10.3 Å². The molecule has 2 aromatic heterocycles. The third-order valence-corrected chi connectivity index (χ3v) is 7.28. The van der Waals surface area contributed by atoms with Gasteiger partial charge in [0.25, 0.3) is 0 Å². The van der Waals surface area contributed by atoms with E-state index in [1.54, 1.807) is 6.07 Å². The molecule has 0 spiro atoms. The van der Waals surface area contributed by atoms with Crippen LogP contribution >= 0.6 is 22.7 Å². The van der Waals surface area contributed by atoms with Gasteiger partial charge in [-0.25, -0.2) is 14.4 Å². The Morgan fingerprint density at radius 3 is 2.76 bits per heavy atom. The van der Waals surface area contributed by atoms with Gasteiger partial charge < -0.3 is 10.2 Å². The lowest BCUT2D eigenvalue weighted by atomic mass is 9.96. The minimum absolute atomic E-state index is 0.0239. The second-order valence-electron chi connectivity index (χ2n) is 7.32. The summed E-state index contributed by atoms with van der Waals surface area (Å²) in [6.45, 7) is 3.52. The fourth-order valence-corrected chi connectivity index (χ4v) is 5.66. The SMILES string of the molecule is Cc1ccc2nc(NC(=O)C3CCN(c4nc5c(F)cccc5s4)CC3)sc2c1. The number of hydrogen-bond donors (Lipinski definition) is 1. The molecule has 4 aromatic rings. The largest absolute Gasteiger partial charge is 0.348 e. The predicted molar refractivity (Wildman–Crippen MR) is 118 cm³/mol. The number of anilines is 2. The summed E-state index contributed by atoms with van der Waals surface area (Å²) in [7, 11) is 0. The van der Waals surface area contributed by atoms with Crippen LogP contribution in [0.25, 0.3) is 20.4 Å². The fourth-order valence-electron chi connectivity index (χ4n) is 3.66. The Labute approximate surface area is 175 Å². The Kier molecular flexibility index (Phi) is 4.67. The van der Waals surface area contributed by atoms with E-state index in [0.717, 1.165) is 46.0 Å². The molecule has 1 saturated heterocycles. The van der Waals surface area contributed by atoms with Crippen LogP contribution < -0.4 is 10.2 Å². The first kappa shape index (κ1) is 18.4. The molecule has 3 heterocycles. The van der Waals surface area contributed by atoms with Crippen molar-refractivity contribution in [3.63, 3.8) is 0 Å². The first-order chi connectivity index (χ1) is 14.1. The number of aromatic nitrogens is 2. The van der Waals surface area contributed by atoms with Crippen molar-refractivity contribution in [3.05, 3.63) is 47.8 Å². The van der Waals surface area contributed by atoms with Crippen LogP contribution in [-0.2, 0) is 4.79 Å². The number of nitrogens with zero attached hydrogens (tertiary/aromatic N) is 3. The molecule has 29 heavy (non-hydrogen) atoms. The molecule has 0 radical (unpaired) electrons. The molecule has 0 atom stereocenters. The standard InChI is InChI=1S/C21H19FN4OS2/c1-12-5-6-15-17(11-12)28-20(23-15)25-19(27)13-7-9-26(10-8-13)21-24-18-14(22)3-2-4-16(18)29-21/h2-6,11,13H,7-10H2,1H3,(H,23,25,27). The zero-order valence-corrected chi connectivity index (χ0v) is 17.4. The smallest absolute Gasteiger partial charge is 0.229 e. The van der Waals surface area contributed by atoms with Crippen molar-refractivity contribution >= 4 is 59.3 Å². The maximum absolute atomic E-state index is 13.9. The number of nitrogens with one attached hydrogen (secondary N) is 1. The maximum Gasteiger partial charge on any atom is 0.229 e. The van der Waals surface area contributed by atoms with E-state index >= 15 is 0 Å². The molecule has 2 aromatic carbocycles. The van der Waals surface area contributed by atoms with Crippen LogP contribution in [0.15, 0.2) is 36.4 Å². The third-order valence-electron chi connectivity index (χ3n) is 5.27. The Morgan fingerprint density at radius 2 is 1.97 bits per heavy atom. The summed E-state index contributed by atoms with van der Waals surface area (Å²) in [6.07, 6.45) is 1.49. The number of hydrogen-bond acceptors (Lipinski definition) is 6. The van der Waals surface area contributed by atoms with Crippen molar-refractivity contribution in [2.24, 2.45) is 5.92 Å². The van der Waals surface area contributed by atoms with Gasteiger partial charge >= 0.3 is 0 Å². The summed E-state index contributed by atoms with van der Waals surface area (Å²) >= 11 is 3.01. The van der Waals surface area contributed by atoms with E-state index in [2.05, 4.69) is 26.3 Å². The van der Waals surface area contributed by atoms with Crippen LogP contribution in [0.4, 0.5) is 14.7 Å². The van der Waals surface area contributed by atoms with Crippen LogP contribution in [0.3, 0.4) is 0 Å². The molecule has 148 valence electrons. The Morgan fingerprint density at radius 1 is 1.14 bits per heavy atom. The molecule has 5 rings (SSSR count).